The number of nitrogens with one attached hydrogen (secondary N) is 1. The van der Waals surface area contributed by atoms with Crippen LogP contribution in [-0.4, -0.2) is 36.8 Å². The first-order valence-electron chi connectivity index (χ1n) is 10.5. The lowest BCUT2D eigenvalue weighted by atomic mass is 9.92. The van der Waals surface area contributed by atoms with Gasteiger partial charge >= 0.3 is 7.60 Å². The Balaban J connectivity index is 2.10. The van der Waals surface area contributed by atoms with E-state index >= 15 is 0 Å². The van der Waals surface area contributed by atoms with Gasteiger partial charge in [-0.3, -0.25) is 9.36 Å². The highest BCUT2D eigenvalue weighted by molar-refractivity contribution is 7.96. The first-order chi connectivity index (χ1) is 17.0. The maximum absolute atomic E-state index is 14.1. The number of rotatable bonds is 8. The second-order valence-electron chi connectivity index (χ2n) is 7.75. The summed E-state index contributed by atoms with van der Waals surface area (Å²) in [6.45, 7) is 0. The average molecular weight is 548 g/mol. The number of Topliss-reactive ketones (excluding diaryl/α,β-unsaturated/α-hetero) is 1. The summed E-state index contributed by atoms with van der Waals surface area (Å²) in [6.07, 6.45) is 0.828. The monoisotopic (exact) mass is 547 g/mol. The van der Waals surface area contributed by atoms with Crippen molar-refractivity contribution in [2.24, 2.45) is 0 Å². The SMILES string of the molecule is COP(=O)(OC)C1(NS(=O)(=O)c2ccccc2)C=C(S(=O)(=O)c2ccccc2)C(=O)c2ccccc21. The number of sulfone groups is 1. The van der Waals surface area contributed by atoms with E-state index in [1.807, 2.05) is 0 Å². The summed E-state index contributed by atoms with van der Waals surface area (Å²) in [5.41, 5.74) is -0.242. The molecule has 0 spiro atoms. The van der Waals surface area contributed by atoms with E-state index in [0.717, 1.165) is 20.3 Å². The fourth-order valence-electron chi connectivity index (χ4n) is 4.00. The molecule has 1 aliphatic carbocycles. The Hall–Kier alpha value is -2.92. The van der Waals surface area contributed by atoms with E-state index in [9.17, 15) is 26.2 Å². The summed E-state index contributed by atoms with van der Waals surface area (Å²) in [7, 11) is -11.4. The summed E-state index contributed by atoms with van der Waals surface area (Å²) >= 11 is 0. The van der Waals surface area contributed by atoms with Gasteiger partial charge in [-0.25, -0.2) is 16.8 Å². The molecular formula is C24H22NO8PS2. The van der Waals surface area contributed by atoms with E-state index in [4.69, 9.17) is 9.05 Å². The molecule has 0 fully saturated rings. The molecule has 1 atom stereocenters. The molecule has 0 heterocycles. The minimum atomic E-state index is -4.55. The Morgan fingerprint density at radius 3 is 1.81 bits per heavy atom. The quantitative estimate of drug-likeness (QED) is 0.421. The van der Waals surface area contributed by atoms with E-state index in [2.05, 4.69) is 4.72 Å². The lowest BCUT2D eigenvalue weighted by molar-refractivity contribution is 0.103. The summed E-state index contributed by atoms with van der Waals surface area (Å²) in [6, 6.07) is 20.1. The van der Waals surface area contributed by atoms with E-state index in [1.165, 1.54) is 72.8 Å². The van der Waals surface area contributed by atoms with Crippen LogP contribution in [0.3, 0.4) is 0 Å². The molecule has 1 N–H and O–H groups in total. The van der Waals surface area contributed by atoms with Crippen LogP contribution < -0.4 is 4.72 Å². The van der Waals surface area contributed by atoms with Crippen molar-refractivity contribution in [3.63, 3.8) is 0 Å². The van der Waals surface area contributed by atoms with Gasteiger partial charge in [0.05, 0.1) is 9.79 Å². The number of allylic oxidation sites excluding steroid dienone is 1. The Morgan fingerprint density at radius 2 is 1.25 bits per heavy atom. The van der Waals surface area contributed by atoms with Gasteiger partial charge in [0.15, 0.2) is 5.28 Å². The molecule has 0 saturated carbocycles. The summed E-state index contributed by atoms with van der Waals surface area (Å²) < 4.78 is 81.1. The molecule has 3 aromatic carbocycles. The Morgan fingerprint density at radius 1 is 0.750 bits per heavy atom. The molecule has 0 radical (unpaired) electrons. The van der Waals surface area contributed by atoms with Crippen molar-refractivity contribution in [2.45, 2.75) is 15.1 Å². The third kappa shape index (κ3) is 4.17. The van der Waals surface area contributed by atoms with E-state index in [1.54, 1.807) is 12.1 Å². The zero-order valence-electron chi connectivity index (χ0n) is 19.2. The summed E-state index contributed by atoms with van der Waals surface area (Å²) in [5.74, 6) is -0.886. The van der Waals surface area contributed by atoms with Crippen molar-refractivity contribution in [3.8, 4) is 0 Å². The predicted molar refractivity (Wildman–Crippen MR) is 133 cm³/mol. The van der Waals surface area contributed by atoms with Gasteiger partial charge in [-0.15, -0.1) is 0 Å². The third-order valence-corrected chi connectivity index (χ3v) is 11.5. The standard InChI is InChI=1S/C24H22NO8PS2/c1-32-34(27,33-2)24(25-36(30,31)19-13-7-4-8-14-19)17-22(23(26)20-15-9-10-16-21(20)24)35(28,29)18-11-5-3-6-12-18/h3-17,25H,1-2H3. The van der Waals surface area contributed by atoms with Gasteiger partial charge in [-0.05, 0) is 30.3 Å². The van der Waals surface area contributed by atoms with Crippen molar-refractivity contribution in [1.82, 2.24) is 4.72 Å². The summed E-state index contributed by atoms with van der Waals surface area (Å²) in [5, 5.41) is -2.40. The van der Waals surface area contributed by atoms with Crippen LogP contribution in [0.5, 0.6) is 0 Å². The molecule has 36 heavy (non-hydrogen) atoms. The first-order valence-corrected chi connectivity index (χ1v) is 15.0. The molecule has 4 rings (SSSR count). The maximum atomic E-state index is 14.1. The molecule has 12 heteroatoms. The predicted octanol–water partition coefficient (Wildman–Crippen LogP) is 3.86. The van der Waals surface area contributed by atoms with Crippen LogP contribution in [-0.2, 0) is 38.8 Å². The van der Waals surface area contributed by atoms with Crippen LogP contribution in [0, 0.1) is 0 Å². The van der Waals surface area contributed by atoms with Crippen LogP contribution >= 0.6 is 7.60 Å². The summed E-state index contributed by atoms with van der Waals surface area (Å²) in [4.78, 5) is 12.3. The van der Waals surface area contributed by atoms with Gasteiger partial charge in [0.25, 0.3) is 0 Å². The zero-order valence-corrected chi connectivity index (χ0v) is 21.7. The molecule has 3 aromatic rings. The molecule has 1 unspecified atom stereocenters. The van der Waals surface area contributed by atoms with Gasteiger partial charge in [0.2, 0.25) is 25.6 Å². The lowest BCUT2D eigenvalue weighted by Gasteiger charge is -2.39. The van der Waals surface area contributed by atoms with Crippen LogP contribution in [0.15, 0.2) is 106 Å². The largest absolute Gasteiger partial charge is 0.359 e. The zero-order chi connectivity index (χ0) is 26.2. The second kappa shape index (κ2) is 9.51. The second-order valence-corrected chi connectivity index (χ2v) is 13.8. The van der Waals surface area contributed by atoms with Crippen LogP contribution in [0.25, 0.3) is 0 Å². The average Bonchev–Trinajstić information content (AvgIpc) is 2.90. The molecule has 188 valence electrons. The van der Waals surface area contributed by atoms with Gasteiger partial charge < -0.3 is 9.05 Å². The van der Waals surface area contributed by atoms with Crippen molar-refractivity contribution < 1.29 is 35.2 Å². The number of hydrogen-bond donors (Lipinski definition) is 1. The highest BCUT2D eigenvalue weighted by atomic mass is 32.2. The van der Waals surface area contributed by atoms with E-state index < -0.39 is 43.4 Å². The lowest BCUT2D eigenvalue weighted by Crippen LogP contribution is -2.48. The van der Waals surface area contributed by atoms with Crippen LogP contribution in [0.4, 0.5) is 0 Å². The molecule has 0 aliphatic heterocycles. The highest BCUT2D eigenvalue weighted by Crippen LogP contribution is 2.66. The van der Waals surface area contributed by atoms with Crippen molar-refractivity contribution >= 4 is 33.2 Å². The van der Waals surface area contributed by atoms with Gasteiger partial charge in [0, 0.05) is 25.3 Å². The molecular weight excluding hydrogens is 525 g/mol. The van der Waals surface area contributed by atoms with E-state index in [-0.39, 0.29) is 20.9 Å². The van der Waals surface area contributed by atoms with Crippen LogP contribution in [0.2, 0.25) is 0 Å². The number of carbonyl (C=O) groups excluding carboxylic acids is 1. The number of hydrogen-bond acceptors (Lipinski definition) is 8. The van der Waals surface area contributed by atoms with Crippen LogP contribution in [0.1, 0.15) is 15.9 Å². The van der Waals surface area contributed by atoms with E-state index in [0.29, 0.717) is 0 Å². The Bertz CT molecular complexity index is 1600. The smallest absolute Gasteiger partial charge is 0.310 e. The Labute approximate surface area is 209 Å². The minimum Gasteiger partial charge on any atom is -0.310 e. The molecule has 0 amide bonds. The first kappa shape index (κ1) is 26.2. The van der Waals surface area contributed by atoms with Crippen molar-refractivity contribution in [3.05, 3.63) is 107 Å². The normalized spacial score (nSPS) is 18.4. The number of ketones is 1. The number of fused-ring (bicyclic) bond motifs is 1. The van der Waals surface area contributed by atoms with Crippen molar-refractivity contribution in [1.29, 1.82) is 0 Å². The minimum absolute atomic E-state index is 0.0754. The fraction of sp³-hybridized carbons (Fsp3) is 0.125. The number of benzene rings is 3. The van der Waals surface area contributed by atoms with Crippen molar-refractivity contribution in [2.75, 3.05) is 14.2 Å². The third-order valence-electron chi connectivity index (χ3n) is 5.75. The molecule has 0 aromatic heterocycles. The molecule has 1 aliphatic rings. The number of sulfonamides is 1. The molecule has 0 saturated heterocycles. The topological polar surface area (TPSA) is 133 Å². The van der Waals surface area contributed by atoms with Gasteiger partial charge in [-0.1, -0.05) is 60.7 Å². The molecule has 0 bridgehead atoms. The van der Waals surface area contributed by atoms with Gasteiger partial charge in [-0.2, -0.15) is 4.72 Å². The molecule has 9 nitrogen and oxygen atoms in total. The fourth-order valence-corrected chi connectivity index (χ4v) is 9.06. The van der Waals surface area contributed by atoms with Gasteiger partial charge in [0.1, 0.15) is 4.91 Å². The highest BCUT2D eigenvalue weighted by Gasteiger charge is 2.57. The maximum Gasteiger partial charge on any atom is 0.359 e. The Kier molecular flexibility index (Phi) is 6.91. The number of carbonyl (C=O) groups is 1.